The van der Waals surface area contributed by atoms with Gasteiger partial charge in [0.05, 0.1) is 18.7 Å². The lowest BCUT2D eigenvalue weighted by Crippen LogP contribution is -2.04. The molecule has 1 aromatic heterocycles. The maximum absolute atomic E-state index is 11.0. The third-order valence-corrected chi connectivity index (χ3v) is 5.53. The molecule has 1 aliphatic carbocycles. The number of oxazole rings is 1. The van der Waals surface area contributed by atoms with Crippen LogP contribution in [-0.4, -0.2) is 22.7 Å². The lowest BCUT2D eigenvalue weighted by atomic mass is 9.98. The number of benzene rings is 2. The Morgan fingerprint density at radius 1 is 1.21 bits per heavy atom. The Labute approximate surface area is 170 Å². The van der Waals surface area contributed by atoms with Crippen molar-refractivity contribution in [2.45, 2.75) is 45.4 Å². The highest BCUT2D eigenvalue weighted by atomic mass is 16.5. The number of carbonyl (C=O) groups is 1. The van der Waals surface area contributed by atoms with E-state index in [0.717, 1.165) is 41.2 Å². The van der Waals surface area contributed by atoms with Crippen LogP contribution in [0, 0.1) is 13.8 Å². The number of aromatic nitrogens is 1. The fourth-order valence-electron chi connectivity index (χ4n) is 3.94. The molecule has 1 heterocycles. The Hall–Kier alpha value is -3.08. The number of aliphatic carboxylic acids is 1. The van der Waals surface area contributed by atoms with Gasteiger partial charge < -0.3 is 14.3 Å². The average molecular weight is 391 g/mol. The fraction of sp³-hybridized carbons (Fsp3) is 0.333. The molecule has 0 aliphatic heterocycles. The van der Waals surface area contributed by atoms with E-state index >= 15 is 0 Å². The topological polar surface area (TPSA) is 72.6 Å². The predicted molar refractivity (Wildman–Crippen MR) is 110 cm³/mol. The molecule has 2 aromatic carbocycles. The fourth-order valence-corrected chi connectivity index (χ4v) is 3.94. The van der Waals surface area contributed by atoms with Crippen LogP contribution in [0.25, 0.3) is 11.5 Å². The summed E-state index contributed by atoms with van der Waals surface area (Å²) in [5.41, 5.74) is 5.41. The SMILES string of the molecule is Cc1ccc(-c2nc(C)c(CCOc3ccc4c(c3)CCC4CC(=O)O)o2)cc1. The molecule has 0 fully saturated rings. The van der Waals surface area contributed by atoms with Gasteiger partial charge in [0.2, 0.25) is 5.89 Å². The maximum atomic E-state index is 11.0. The van der Waals surface area contributed by atoms with Gasteiger partial charge in [-0.2, -0.15) is 0 Å². The van der Waals surface area contributed by atoms with E-state index < -0.39 is 5.97 Å². The highest BCUT2D eigenvalue weighted by Crippen LogP contribution is 2.37. The summed E-state index contributed by atoms with van der Waals surface area (Å²) in [6.45, 7) is 4.51. The Bertz CT molecular complexity index is 1020. The molecule has 5 heteroatoms. The van der Waals surface area contributed by atoms with Crippen molar-refractivity contribution in [3.63, 3.8) is 0 Å². The van der Waals surface area contributed by atoms with Crippen LogP contribution in [0.5, 0.6) is 5.75 Å². The summed E-state index contributed by atoms with van der Waals surface area (Å²) < 4.78 is 11.9. The number of carboxylic acid groups (broad SMARTS) is 1. The second-order valence-corrected chi connectivity index (χ2v) is 7.69. The van der Waals surface area contributed by atoms with Crippen LogP contribution < -0.4 is 4.74 Å². The van der Waals surface area contributed by atoms with Crippen LogP contribution in [0.3, 0.4) is 0 Å². The Morgan fingerprint density at radius 2 is 2.00 bits per heavy atom. The van der Waals surface area contributed by atoms with Crippen LogP contribution in [0.15, 0.2) is 46.9 Å². The van der Waals surface area contributed by atoms with E-state index in [0.29, 0.717) is 18.9 Å². The van der Waals surface area contributed by atoms with E-state index in [1.54, 1.807) is 0 Å². The summed E-state index contributed by atoms with van der Waals surface area (Å²) in [6, 6.07) is 14.1. The van der Waals surface area contributed by atoms with E-state index in [1.165, 1.54) is 11.1 Å². The van der Waals surface area contributed by atoms with Gasteiger partial charge in [-0.25, -0.2) is 4.98 Å². The van der Waals surface area contributed by atoms with E-state index in [4.69, 9.17) is 14.3 Å². The number of hydrogen-bond donors (Lipinski definition) is 1. The molecule has 3 aromatic rings. The summed E-state index contributed by atoms with van der Waals surface area (Å²) in [5.74, 6) is 1.67. The first-order chi connectivity index (χ1) is 14.0. The van der Waals surface area contributed by atoms with E-state index in [9.17, 15) is 4.79 Å². The third kappa shape index (κ3) is 4.34. The zero-order valence-corrected chi connectivity index (χ0v) is 16.8. The van der Waals surface area contributed by atoms with Gasteiger partial charge in [0.1, 0.15) is 11.5 Å². The third-order valence-electron chi connectivity index (χ3n) is 5.53. The highest BCUT2D eigenvalue weighted by Gasteiger charge is 2.24. The Balaban J connectivity index is 1.37. The summed E-state index contributed by atoms with van der Waals surface area (Å²) in [5, 5.41) is 9.05. The molecule has 1 N–H and O–H groups in total. The number of hydrogen-bond acceptors (Lipinski definition) is 4. The molecule has 0 saturated heterocycles. The molecule has 0 amide bonds. The number of ether oxygens (including phenoxy) is 1. The van der Waals surface area contributed by atoms with Gasteiger partial charge >= 0.3 is 5.97 Å². The molecule has 0 spiro atoms. The van der Waals surface area contributed by atoms with Crippen molar-refractivity contribution in [1.82, 2.24) is 4.98 Å². The first-order valence-corrected chi connectivity index (χ1v) is 10.0. The molecule has 29 heavy (non-hydrogen) atoms. The van der Waals surface area contributed by atoms with Crippen molar-refractivity contribution in [2.24, 2.45) is 0 Å². The molecule has 0 radical (unpaired) electrons. The number of aryl methyl sites for hydroxylation is 3. The monoisotopic (exact) mass is 391 g/mol. The van der Waals surface area contributed by atoms with Gasteiger partial charge in [-0.15, -0.1) is 0 Å². The number of carboxylic acids is 1. The summed E-state index contributed by atoms with van der Waals surface area (Å²) in [4.78, 5) is 15.5. The number of rotatable bonds is 7. The van der Waals surface area contributed by atoms with Crippen molar-refractivity contribution in [2.75, 3.05) is 6.61 Å². The molecular formula is C24H25NO4. The summed E-state index contributed by atoms with van der Waals surface area (Å²) >= 11 is 0. The predicted octanol–water partition coefficient (Wildman–Crippen LogP) is 5.08. The van der Waals surface area contributed by atoms with Crippen molar-refractivity contribution in [3.8, 4) is 17.2 Å². The summed E-state index contributed by atoms with van der Waals surface area (Å²) in [7, 11) is 0. The van der Waals surface area contributed by atoms with Gasteiger partial charge in [-0.1, -0.05) is 23.8 Å². The highest BCUT2D eigenvalue weighted by molar-refractivity contribution is 5.68. The molecule has 0 bridgehead atoms. The largest absolute Gasteiger partial charge is 0.493 e. The van der Waals surface area contributed by atoms with Gasteiger partial charge in [0.25, 0.3) is 0 Å². The first kappa shape index (κ1) is 19.2. The minimum absolute atomic E-state index is 0.119. The van der Waals surface area contributed by atoms with Gasteiger partial charge in [0.15, 0.2) is 0 Å². The van der Waals surface area contributed by atoms with Gasteiger partial charge in [0, 0.05) is 12.0 Å². The van der Waals surface area contributed by atoms with E-state index in [1.807, 2.05) is 49.4 Å². The zero-order chi connectivity index (χ0) is 20.4. The molecule has 0 saturated carbocycles. The zero-order valence-electron chi connectivity index (χ0n) is 16.8. The number of nitrogens with zero attached hydrogens (tertiary/aromatic N) is 1. The van der Waals surface area contributed by atoms with Crippen molar-refractivity contribution >= 4 is 5.97 Å². The van der Waals surface area contributed by atoms with Crippen molar-refractivity contribution in [1.29, 1.82) is 0 Å². The van der Waals surface area contributed by atoms with Crippen molar-refractivity contribution < 1.29 is 19.1 Å². The standard InChI is InChI=1S/C24H25NO4/c1-15-3-5-17(6-4-15)24-25-16(2)22(29-24)11-12-28-20-9-10-21-18(13-20)7-8-19(21)14-23(26)27/h3-6,9-10,13,19H,7-8,11-12,14H2,1-2H3,(H,26,27). The van der Waals surface area contributed by atoms with E-state index in [-0.39, 0.29) is 12.3 Å². The maximum Gasteiger partial charge on any atom is 0.303 e. The molecule has 1 atom stereocenters. The Morgan fingerprint density at radius 3 is 2.76 bits per heavy atom. The van der Waals surface area contributed by atoms with Crippen LogP contribution in [0.2, 0.25) is 0 Å². The molecular weight excluding hydrogens is 366 g/mol. The van der Waals surface area contributed by atoms with Crippen LogP contribution in [0.4, 0.5) is 0 Å². The molecule has 150 valence electrons. The smallest absolute Gasteiger partial charge is 0.303 e. The van der Waals surface area contributed by atoms with Gasteiger partial charge in [-0.05, 0) is 68.0 Å². The lowest BCUT2D eigenvalue weighted by Gasteiger charge is -2.10. The van der Waals surface area contributed by atoms with Crippen LogP contribution in [-0.2, 0) is 17.6 Å². The number of fused-ring (bicyclic) bond motifs is 1. The second kappa shape index (κ2) is 8.11. The van der Waals surface area contributed by atoms with E-state index in [2.05, 4.69) is 11.9 Å². The first-order valence-electron chi connectivity index (χ1n) is 10.0. The molecule has 1 aliphatic rings. The minimum atomic E-state index is -0.740. The average Bonchev–Trinajstić information content (AvgIpc) is 3.25. The minimum Gasteiger partial charge on any atom is -0.493 e. The van der Waals surface area contributed by atoms with Crippen LogP contribution in [0.1, 0.15) is 46.9 Å². The molecule has 4 rings (SSSR count). The second-order valence-electron chi connectivity index (χ2n) is 7.69. The lowest BCUT2D eigenvalue weighted by molar-refractivity contribution is -0.137. The van der Waals surface area contributed by atoms with Crippen LogP contribution >= 0.6 is 0 Å². The summed E-state index contributed by atoms with van der Waals surface area (Å²) in [6.07, 6.45) is 2.64. The van der Waals surface area contributed by atoms with Crippen molar-refractivity contribution in [3.05, 3.63) is 70.6 Å². The Kier molecular flexibility index (Phi) is 5.38. The normalized spacial score (nSPS) is 15.3. The molecule has 1 unspecified atom stereocenters. The molecule has 5 nitrogen and oxygen atoms in total. The van der Waals surface area contributed by atoms with Gasteiger partial charge in [-0.3, -0.25) is 4.79 Å². The quantitative estimate of drug-likeness (QED) is 0.608.